The van der Waals surface area contributed by atoms with Gasteiger partial charge in [0.1, 0.15) is 6.54 Å². The molecule has 0 fully saturated rings. The number of rotatable bonds is 5. The number of urea groups is 1. The van der Waals surface area contributed by atoms with Crippen LogP contribution in [0.2, 0.25) is 0 Å². The molecular formula is C10H20N2O3. The van der Waals surface area contributed by atoms with E-state index in [0.717, 1.165) is 0 Å². The topological polar surface area (TPSA) is 69.6 Å². The lowest BCUT2D eigenvalue weighted by atomic mass is 10.2. The number of nitrogens with one attached hydrogen (secondary N) is 1. The first kappa shape index (κ1) is 13.7. The van der Waals surface area contributed by atoms with Gasteiger partial charge in [-0.3, -0.25) is 4.79 Å². The van der Waals surface area contributed by atoms with E-state index in [-0.39, 0.29) is 24.5 Å². The number of hydrogen-bond donors (Lipinski definition) is 2. The van der Waals surface area contributed by atoms with Gasteiger partial charge in [0.05, 0.1) is 0 Å². The number of carboxylic acids is 1. The molecule has 0 rings (SSSR count). The summed E-state index contributed by atoms with van der Waals surface area (Å²) in [5, 5.41) is 11.3. The minimum Gasteiger partial charge on any atom is -0.480 e. The summed E-state index contributed by atoms with van der Waals surface area (Å²) in [5.74, 6) is -0.739. The van der Waals surface area contributed by atoms with Crippen LogP contribution in [0.5, 0.6) is 0 Å². The maximum Gasteiger partial charge on any atom is 0.323 e. The van der Waals surface area contributed by atoms with Crippen molar-refractivity contribution in [3.63, 3.8) is 0 Å². The van der Waals surface area contributed by atoms with Crippen LogP contribution >= 0.6 is 0 Å². The molecule has 0 heterocycles. The highest BCUT2D eigenvalue weighted by Crippen LogP contribution is 1.99. The van der Waals surface area contributed by atoms with E-state index in [1.54, 1.807) is 0 Å². The quantitative estimate of drug-likeness (QED) is 0.724. The van der Waals surface area contributed by atoms with E-state index >= 15 is 0 Å². The molecule has 0 saturated carbocycles. The Hall–Kier alpha value is -1.26. The van der Waals surface area contributed by atoms with Gasteiger partial charge in [-0.25, -0.2) is 4.79 Å². The molecule has 0 aromatic rings. The van der Waals surface area contributed by atoms with Gasteiger partial charge in [0.25, 0.3) is 0 Å². The van der Waals surface area contributed by atoms with Gasteiger partial charge in [0.2, 0.25) is 0 Å². The SMILES string of the molecule is CC(C)CN(CC(=O)O)C(=O)NC(C)C. The molecule has 0 aliphatic rings. The molecule has 0 unspecified atom stereocenters. The van der Waals surface area contributed by atoms with E-state index in [4.69, 9.17) is 5.11 Å². The summed E-state index contributed by atoms with van der Waals surface area (Å²) in [4.78, 5) is 23.4. The minimum atomic E-state index is -0.991. The van der Waals surface area contributed by atoms with Gasteiger partial charge in [-0.2, -0.15) is 0 Å². The molecule has 0 radical (unpaired) electrons. The van der Waals surface area contributed by atoms with Crippen molar-refractivity contribution in [2.24, 2.45) is 5.92 Å². The minimum absolute atomic E-state index is 0.0148. The van der Waals surface area contributed by atoms with Gasteiger partial charge in [0.15, 0.2) is 0 Å². The first-order chi connectivity index (χ1) is 6.82. The van der Waals surface area contributed by atoms with Crippen molar-refractivity contribution >= 4 is 12.0 Å². The van der Waals surface area contributed by atoms with Crippen molar-refractivity contribution in [1.29, 1.82) is 0 Å². The Morgan fingerprint density at radius 3 is 2.13 bits per heavy atom. The summed E-state index contributed by atoms with van der Waals surface area (Å²) in [6, 6.07) is -0.304. The van der Waals surface area contributed by atoms with Gasteiger partial charge in [-0.15, -0.1) is 0 Å². The summed E-state index contributed by atoms with van der Waals surface area (Å²) in [5.41, 5.74) is 0. The van der Waals surface area contributed by atoms with Gasteiger partial charge >= 0.3 is 12.0 Å². The standard InChI is InChI=1S/C10H20N2O3/c1-7(2)5-12(6-9(13)14)10(15)11-8(3)4/h7-8H,5-6H2,1-4H3,(H,11,15)(H,13,14). The van der Waals surface area contributed by atoms with Crippen molar-refractivity contribution in [2.45, 2.75) is 33.7 Å². The number of carbonyl (C=O) groups excluding carboxylic acids is 1. The molecule has 0 aromatic carbocycles. The zero-order valence-electron chi connectivity index (χ0n) is 9.78. The smallest absolute Gasteiger partial charge is 0.323 e. The Bertz CT molecular complexity index is 227. The third-order valence-corrected chi connectivity index (χ3v) is 1.61. The lowest BCUT2D eigenvalue weighted by Gasteiger charge is -2.24. The Balaban J connectivity index is 4.33. The average Bonchev–Trinajstić information content (AvgIpc) is 1.99. The van der Waals surface area contributed by atoms with Crippen LogP contribution in [0.15, 0.2) is 0 Å². The number of hydrogen-bond acceptors (Lipinski definition) is 2. The normalized spacial score (nSPS) is 10.5. The van der Waals surface area contributed by atoms with Crippen molar-refractivity contribution in [3.8, 4) is 0 Å². The largest absolute Gasteiger partial charge is 0.480 e. The van der Waals surface area contributed by atoms with Crippen LogP contribution in [-0.4, -0.2) is 41.1 Å². The van der Waals surface area contributed by atoms with Crippen LogP contribution in [0.25, 0.3) is 0 Å². The van der Waals surface area contributed by atoms with Crippen LogP contribution < -0.4 is 5.32 Å². The third-order valence-electron chi connectivity index (χ3n) is 1.61. The van der Waals surface area contributed by atoms with E-state index in [2.05, 4.69) is 5.32 Å². The van der Waals surface area contributed by atoms with E-state index in [9.17, 15) is 9.59 Å². The fourth-order valence-corrected chi connectivity index (χ4v) is 1.16. The molecule has 0 aliphatic carbocycles. The lowest BCUT2D eigenvalue weighted by Crippen LogP contribution is -2.46. The number of carbonyl (C=O) groups is 2. The first-order valence-corrected chi connectivity index (χ1v) is 5.10. The molecular weight excluding hydrogens is 196 g/mol. The molecule has 0 saturated heterocycles. The van der Waals surface area contributed by atoms with Crippen LogP contribution in [0.4, 0.5) is 4.79 Å². The van der Waals surface area contributed by atoms with E-state index in [1.807, 2.05) is 27.7 Å². The summed E-state index contributed by atoms with van der Waals surface area (Å²) < 4.78 is 0. The second-order valence-electron chi connectivity index (χ2n) is 4.27. The molecule has 0 atom stereocenters. The Morgan fingerprint density at radius 2 is 1.80 bits per heavy atom. The van der Waals surface area contributed by atoms with Crippen molar-refractivity contribution in [3.05, 3.63) is 0 Å². The molecule has 5 heteroatoms. The predicted octanol–water partition coefficient (Wildman–Crippen LogP) is 1.15. The number of aliphatic carboxylic acids is 1. The second kappa shape index (κ2) is 6.27. The molecule has 0 bridgehead atoms. The Kier molecular flexibility index (Phi) is 5.74. The third kappa shape index (κ3) is 6.76. The van der Waals surface area contributed by atoms with Crippen molar-refractivity contribution in [2.75, 3.05) is 13.1 Å². The summed E-state index contributed by atoms with van der Waals surface area (Å²) in [6.45, 7) is 7.76. The Morgan fingerprint density at radius 1 is 1.27 bits per heavy atom. The number of carboxylic acid groups (broad SMARTS) is 1. The van der Waals surface area contributed by atoms with Crippen LogP contribution in [-0.2, 0) is 4.79 Å². The van der Waals surface area contributed by atoms with Crippen LogP contribution in [0.3, 0.4) is 0 Å². The van der Waals surface area contributed by atoms with E-state index in [0.29, 0.717) is 6.54 Å². The summed E-state index contributed by atoms with van der Waals surface area (Å²) in [7, 11) is 0. The second-order valence-corrected chi connectivity index (χ2v) is 4.27. The first-order valence-electron chi connectivity index (χ1n) is 5.10. The molecule has 2 amide bonds. The molecule has 88 valence electrons. The Labute approximate surface area is 90.5 Å². The fraction of sp³-hybridized carbons (Fsp3) is 0.800. The molecule has 0 aromatic heterocycles. The molecule has 0 aliphatic heterocycles. The van der Waals surface area contributed by atoms with E-state index in [1.165, 1.54) is 4.90 Å². The van der Waals surface area contributed by atoms with Gasteiger partial charge in [-0.1, -0.05) is 13.8 Å². The molecule has 0 spiro atoms. The van der Waals surface area contributed by atoms with Crippen molar-refractivity contribution in [1.82, 2.24) is 10.2 Å². The highest BCUT2D eigenvalue weighted by Gasteiger charge is 2.17. The summed E-state index contributed by atoms with van der Waals surface area (Å²) in [6.07, 6.45) is 0. The highest BCUT2D eigenvalue weighted by molar-refractivity contribution is 5.80. The summed E-state index contributed by atoms with van der Waals surface area (Å²) >= 11 is 0. The number of amides is 2. The highest BCUT2D eigenvalue weighted by atomic mass is 16.4. The fourth-order valence-electron chi connectivity index (χ4n) is 1.16. The zero-order valence-corrected chi connectivity index (χ0v) is 9.78. The average molecular weight is 216 g/mol. The van der Waals surface area contributed by atoms with Crippen LogP contribution in [0, 0.1) is 5.92 Å². The molecule has 15 heavy (non-hydrogen) atoms. The zero-order chi connectivity index (χ0) is 12.0. The van der Waals surface area contributed by atoms with E-state index < -0.39 is 5.97 Å². The maximum atomic E-state index is 11.6. The maximum absolute atomic E-state index is 11.6. The lowest BCUT2D eigenvalue weighted by molar-refractivity contribution is -0.137. The number of nitrogens with zero attached hydrogens (tertiary/aromatic N) is 1. The monoisotopic (exact) mass is 216 g/mol. The molecule has 2 N–H and O–H groups in total. The van der Waals surface area contributed by atoms with Gasteiger partial charge in [0, 0.05) is 12.6 Å². The van der Waals surface area contributed by atoms with Gasteiger partial charge < -0.3 is 15.3 Å². The predicted molar refractivity (Wildman–Crippen MR) is 57.7 cm³/mol. The van der Waals surface area contributed by atoms with Gasteiger partial charge in [-0.05, 0) is 19.8 Å². The van der Waals surface area contributed by atoms with Crippen LogP contribution in [0.1, 0.15) is 27.7 Å². The molecule has 5 nitrogen and oxygen atoms in total. The van der Waals surface area contributed by atoms with Crippen molar-refractivity contribution < 1.29 is 14.7 Å².